The standard InChI is InChI=1S/C42H45N5O2S/c1-44(21-19-34-31-50-40-18-10-8-14-36(34)40)41(48)37-15-5-6-16-38(37)42(49)47(22-20-33-29-43-39-17-9-7-13-35(33)39)28-27-45-23-25-46(26-24-45)30-32-11-3-2-4-12-32/h2-18,29,31,43H,19-28,30H2,1H3. The number of rotatable bonds is 13. The first kappa shape index (κ1) is 33.7. The Morgan fingerprint density at radius 3 is 2.12 bits per heavy atom. The molecule has 0 spiro atoms. The Bertz CT molecular complexity index is 2050. The van der Waals surface area contributed by atoms with E-state index < -0.39 is 0 Å². The SMILES string of the molecule is CN(CCc1csc2ccccc12)C(=O)c1ccccc1C(=O)N(CCc1c[nH]c2ccccc12)CCN1CCN(Cc2ccccc2)CC1. The van der Waals surface area contributed by atoms with Crippen LogP contribution in [0.3, 0.4) is 0 Å². The zero-order valence-corrected chi connectivity index (χ0v) is 29.6. The summed E-state index contributed by atoms with van der Waals surface area (Å²) in [5, 5.41) is 4.62. The monoisotopic (exact) mass is 683 g/mol. The Morgan fingerprint density at radius 2 is 1.32 bits per heavy atom. The van der Waals surface area contributed by atoms with Crippen LogP contribution in [0.2, 0.25) is 0 Å². The van der Waals surface area contributed by atoms with Crippen molar-refractivity contribution >= 4 is 44.1 Å². The van der Waals surface area contributed by atoms with E-state index in [9.17, 15) is 9.59 Å². The van der Waals surface area contributed by atoms with E-state index in [0.717, 1.165) is 57.6 Å². The Labute approximate surface area is 298 Å². The van der Waals surface area contributed by atoms with Gasteiger partial charge in [0.2, 0.25) is 0 Å². The molecule has 1 aliphatic rings. The summed E-state index contributed by atoms with van der Waals surface area (Å²) in [6.07, 6.45) is 3.55. The number of benzene rings is 4. The fourth-order valence-electron chi connectivity index (χ4n) is 7.03. The molecule has 0 unspecified atom stereocenters. The lowest BCUT2D eigenvalue weighted by Crippen LogP contribution is -2.49. The normalized spacial score (nSPS) is 13.9. The molecule has 0 bridgehead atoms. The van der Waals surface area contributed by atoms with Gasteiger partial charge in [-0.3, -0.25) is 19.4 Å². The van der Waals surface area contributed by atoms with Gasteiger partial charge in [0.15, 0.2) is 0 Å². The second-order valence-electron chi connectivity index (χ2n) is 13.3. The van der Waals surface area contributed by atoms with Gasteiger partial charge in [-0.25, -0.2) is 0 Å². The smallest absolute Gasteiger partial charge is 0.254 e. The summed E-state index contributed by atoms with van der Waals surface area (Å²) in [7, 11) is 1.84. The summed E-state index contributed by atoms with van der Waals surface area (Å²) < 4.78 is 1.26. The van der Waals surface area contributed by atoms with Gasteiger partial charge in [-0.2, -0.15) is 0 Å². The highest BCUT2D eigenvalue weighted by Gasteiger charge is 2.25. The van der Waals surface area contributed by atoms with Gasteiger partial charge in [-0.05, 0) is 64.6 Å². The van der Waals surface area contributed by atoms with Gasteiger partial charge in [0.1, 0.15) is 0 Å². The molecule has 0 saturated carbocycles. The van der Waals surface area contributed by atoms with E-state index in [2.05, 4.69) is 99.2 Å². The number of hydrogen-bond donors (Lipinski definition) is 1. The molecule has 1 saturated heterocycles. The van der Waals surface area contributed by atoms with E-state index in [4.69, 9.17) is 0 Å². The highest BCUT2D eigenvalue weighted by molar-refractivity contribution is 7.17. The van der Waals surface area contributed by atoms with Gasteiger partial charge < -0.3 is 14.8 Å². The molecule has 0 radical (unpaired) electrons. The Hall–Kier alpha value is -4.76. The van der Waals surface area contributed by atoms with Gasteiger partial charge in [0, 0.05) is 87.8 Å². The lowest BCUT2D eigenvalue weighted by molar-refractivity contribution is 0.0691. The number of para-hydroxylation sites is 1. The molecule has 7 nitrogen and oxygen atoms in total. The number of thiophene rings is 1. The molecule has 0 atom stereocenters. The number of aromatic nitrogens is 1. The average Bonchev–Trinajstić information content (AvgIpc) is 3.78. The third-order valence-electron chi connectivity index (χ3n) is 10.0. The van der Waals surface area contributed by atoms with Crippen molar-refractivity contribution < 1.29 is 9.59 Å². The number of nitrogens with zero attached hydrogens (tertiary/aromatic N) is 4. The molecule has 8 heteroatoms. The molecule has 50 heavy (non-hydrogen) atoms. The maximum absolute atomic E-state index is 14.5. The van der Waals surface area contributed by atoms with E-state index in [1.54, 1.807) is 22.3 Å². The van der Waals surface area contributed by atoms with Crippen LogP contribution in [0.25, 0.3) is 21.0 Å². The number of nitrogens with one attached hydrogen (secondary N) is 1. The van der Waals surface area contributed by atoms with Crippen molar-refractivity contribution in [1.82, 2.24) is 24.6 Å². The minimum Gasteiger partial charge on any atom is -0.361 e. The van der Waals surface area contributed by atoms with Crippen molar-refractivity contribution in [3.63, 3.8) is 0 Å². The van der Waals surface area contributed by atoms with Crippen LogP contribution in [0, 0.1) is 0 Å². The van der Waals surface area contributed by atoms with Gasteiger partial charge in [0.25, 0.3) is 11.8 Å². The second kappa shape index (κ2) is 15.9. The van der Waals surface area contributed by atoms with Gasteiger partial charge >= 0.3 is 0 Å². The lowest BCUT2D eigenvalue weighted by Gasteiger charge is -2.36. The lowest BCUT2D eigenvalue weighted by atomic mass is 10.0. The zero-order valence-electron chi connectivity index (χ0n) is 28.8. The van der Waals surface area contributed by atoms with Crippen LogP contribution >= 0.6 is 11.3 Å². The predicted octanol–water partition coefficient (Wildman–Crippen LogP) is 7.20. The molecular weight excluding hydrogens is 639 g/mol. The molecule has 256 valence electrons. The van der Waals surface area contributed by atoms with Crippen molar-refractivity contribution in [1.29, 1.82) is 0 Å². The molecule has 1 N–H and O–H groups in total. The number of likely N-dealkylation sites (N-methyl/N-ethyl adjacent to an activating group) is 1. The first-order valence-electron chi connectivity index (χ1n) is 17.7. The summed E-state index contributed by atoms with van der Waals surface area (Å²) in [5.74, 6) is -0.215. The van der Waals surface area contributed by atoms with Crippen molar-refractivity contribution in [2.24, 2.45) is 0 Å². The number of hydrogen-bond acceptors (Lipinski definition) is 5. The summed E-state index contributed by atoms with van der Waals surface area (Å²) in [6, 6.07) is 34.7. The van der Waals surface area contributed by atoms with Crippen LogP contribution in [0.1, 0.15) is 37.4 Å². The van der Waals surface area contributed by atoms with Crippen LogP contribution in [0.5, 0.6) is 0 Å². The minimum atomic E-state index is -0.125. The van der Waals surface area contributed by atoms with Crippen molar-refractivity contribution in [2.45, 2.75) is 19.4 Å². The highest BCUT2D eigenvalue weighted by atomic mass is 32.1. The number of aromatic amines is 1. The molecule has 3 heterocycles. The van der Waals surface area contributed by atoms with E-state index in [0.29, 0.717) is 30.8 Å². The fourth-order valence-corrected chi connectivity index (χ4v) is 8.03. The molecule has 1 fully saturated rings. The van der Waals surface area contributed by atoms with Crippen molar-refractivity contribution in [3.05, 3.63) is 143 Å². The largest absolute Gasteiger partial charge is 0.361 e. The van der Waals surface area contributed by atoms with E-state index in [-0.39, 0.29) is 11.8 Å². The zero-order chi connectivity index (χ0) is 34.3. The number of H-pyrrole nitrogens is 1. The Balaban J connectivity index is 1.04. The fraction of sp³-hybridized carbons (Fsp3) is 0.286. The quantitative estimate of drug-likeness (QED) is 0.140. The minimum absolute atomic E-state index is 0.0891. The Kier molecular flexibility index (Phi) is 10.7. The maximum atomic E-state index is 14.5. The average molecular weight is 684 g/mol. The van der Waals surface area contributed by atoms with Crippen LogP contribution in [-0.4, -0.2) is 95.8 Å². The second-order valence-corrected chi connectivity index (χ2v) is 14.2. The molecule has 1 aliphatic heterocycles. The van der Waals surface area contributed by atoms with Crippen LogP contribution < -0.4 is 0 Å². The molecular formula is C42H45N5O2S. The predicted molar refractivity (Wildman–Crippen MR) is 205 cm³/mol. The number of carbonyl (C=O) groups excluding carboxylic acids is 2. The van der Waals surface area contributed by atoms with Crippen molar-refractivity contribution in [2.75, 3.05) is 59.4 Å². The molecule has 2 aromatic heterocycles. The third-order valence-corrected chi connectivity index (χ3v) is 11.0. The number of piperazine rings is 1. The third kappa shape index (κ3) is 7.83. The molecule has 2 amide bonds. The molecule has 7 rings (SSSR count). The van der Waals surface area contributed by atoms with E-state index >= 15 is 0 Å². The molecule has 0 aliphatic carbocycles. The number of fused-ring (bicyclic) bond motifs is 2. The summed E-state index contributed by atoms with van der Waals surface area (Å²) in [4.78, 5) is 40.4. The summed E-state index contributed by atoms with van der Waals surface area (Å²) in [5.41, 5.74) is 5.81. The van der Waals surface area contributed by atoms with Gasteiger partial charge in [-0.15, -0.1) is 11.3 Å². The highest BCUT2D eigenvalue weighted by Crippen LogP contribution is 2.26. The molecule has 4 aromatic carbocycles. The summed E-state index contributed by atoms with van der Waals surface area (Å²) >= 11 is 1.74. The van der Waals surface area contributed by atoms with Crippen molar-refractivity contribution in [3.8, 4) is 0 Å². The first-order chi connectivity index (χ1) is 24.5. The van der Waals surface area contributed by atoms with Crippen LogP contribution in [-0.2, 0) is 19.4 Å². The first-order valence-corrected chi connectivity index (χ1v) is 18.5. The number of amides is 2. The van der Waals surface area contributed by atoms with E-state index in [1.165, 1.54) is 32.2 Å². The topological polar surface area (TPSA) is 62.9 Å². The Morgan fingerprint density at radius 1 is 0.680 bits per heavy atom. The maximum Gasteiger partial charge on any atom is 0.254 e. The van der Waals surface area contributed by atoms with Crippen LogP contribution in [0.4, 0.5) is 0 Å². The van der Waals surface area contributed by atoms with Gasteiger partial charge in [0.05, 0.1) is 11.1 Å². The summed E-state index contributed by atoms with van der Waals surface area (Å²) in [6.45, 7) is 7.44. The number of carbonyl (C=O) groups is 2. The van der Waals surface area contributed by atoms with E-state index in [1.807, 2.05) is 36.2 Å². The molecule has 6 aromatic rings. The van der Waals surface area contributed by atoms with Crippen LogP contribution in [0.15, 0.2) is 115 Å². The van der Waals surface area contributed by atoms with Gasteiger partial charge in [-0.1, -0.05) is 78.9 Å².